The van der Waals surface area contributed by atoms with E-state index in [-0.39, 0.29) is 6.04 Å². The minimum Gasteiger partial charge on any atom is -0.363 e. The molecule has 0 spiro atoms. The third-order valence-corrected chi connectivity index (χ3v) is 2.82. The van der Waals surface area contributed by atoms with Gasteiger partial charge in [-0.3, -0.25) is 4.98 Å². The van der Waals surface area contributed by atoms with Crippen molar-refractivity contribution in [2.75, 3.05) is 5.32 Å². The van der Waals surface area contributed by atoms with E-state index in [0.717, 1.165) is 23.6 Å². The van der Waals surface area contributed by atoms with Gasteiger partial charge < -0.3 is 5.32 Å². The lowest BCUT2D eigenvalue weighted by Crippen LogP contribution is -2.09. The van der Waals surface area contributed by atoms with Gasteiger partial charge in [-0.1, -0.05) is 18.5 Å². The second kappa shape index (κ2) is 5.78. The summed E-state index contributed by atoms with van der Waals surface area (Å²) >= 11 is 5.96. The molecule has 0 bridgehead atoms. The Kier molecular flexibility index (Phi) is 4.10. The van der Waals surface area contributed by atoms with E-state index in [9.17, 15) is 0 Å². The van der Waals surface area contributed by atoms with Crippen LogP contribution in [0.1, 0.15) is 31.3 Å². The molecular weight excluding hydrogens is 248 g/mol. The fourth-order valence-corrected chi connectivity index (χ4v) is 1.85. The van der Waals surface area contributed by atoms with Crippen molar-refractivity contribution in [1.82, 2.24) is 15.0 Å². The lowest BCUT2D eigenvalue weighted by Gasteiger charge is -2.15. The molecule has 0 aliphatic carbocycles. The van der Waals surface area contributed by atoms with Gasteiger partial charge in [0.2, 0.25) is 0 Å². The first kappa shape index (κ1) is 12.8. The van der Waals surface area contributed by atoms with Gasteiger partial charge in [-0.25, -0.2) is 9.97 Å². The Hall–Kier alpha value is -1.68. The minimum absolute atomic E-state index is 0.142. The van der Waals surface area contributed by atoms with Gasteiger partial charge in [0, 0.05) is 24.9 Å². The number of hydrogen-bond donors (Lipinski definition) is 1. The van der Waals surface area contributed by atoms with Gasteiger partial charge in [-0.15, -0.1) is 0 Å². The summed E-state index contributed by atoms with van der Waals surface area (Å²) in [6, 6.07) is 5.82. The smallest absolute Gasteiger partial charge is 0.134 e. The van der Waals surface area contributed by atoms with E-state index in [2.05, 4.69) is 27.2 Å². The van der Waals surface area contributed by atoms with Gasteiger partial charge in [0.1, 0.15) is 16.8 Å². The summed E-state index contributed by atoms with van der Waals surface area (Å²) in [6.07, 6.45) is 4.31. The molecule has 0 amide bonds. The number of nitrogens with one attached hydrogen (secondary N) is 1. The fourth-order valence-electron chi connectivity index (χ4n) is 1.65. The third kappa shape index (κ3) is 3.17. The molecule has 2 heterocycles. The number of aromatic nitrogens is 3. The van der Waals surface area contributed by atoms with E-state index in [1.807, 2.05) is 19.1 Å². The summed E-state index contributed by atoms with van der Waals surface area (Å²) in [6.45, 7) is 4.07. The van der Waals surface area contributed by atoms with E-state index >= 15 is 0 Å². The highest BCUT2D eigenvalue weighted by Crippen LogP contribution is 2.19. The number of rotatable bonds is 4. The maximum Gasteiger partial charge on any atom is 0.134 e. The van der Waals surface area contributed by atoms with E-state index in [1.165, 1.54) is 0 Å². The molecule has 4 nitrogen and oxygen atoms in total. The van der Waals surface area contributed by atoms with Gasteiger partial charge in [0.25, 0.3) is 0 Å². The van der Waals surface area contributed by atoms with Crippen LogP contribution in [0.3, 0.4) is 0 Å². The zero-order chi connectivity index (χ0) is 13.0. The first-order chi connectivity index (χ1) is 8.69. The molecule has 2 aromatic heterocycles. The van der Waals surface area contributed by atoms with Gasteiger partial charge in [-0.2, -0.15) is 0 Å². The topological polar surface area (TPSA) is 50.7 Å². The first-order valence-electron chi connectivity index (χ1n) is 5.89. The molecule has 1 unspecified atom stereocenters. The number of pyridine rings is 1. The molecule has 0 saturated heterocycles. The summed E-state index contributed by atoms with van der Waals surface area (Å²) in [7, 11) is 0. The zero-order valence-corrected chi connectivity index (χ0v) is 11.1. The Morgan fingerprint density at radius 2 is 2.00 bits per heavy atom. The van der Waals surface area contributed by atoms with Gasteiger partial charge in [-0.05, 0) is 24.6 Å². The van der Waals surface area contributed by atoms with Crippen molar-refractivity contribution in [1.29, 1.82) is 0 Å². The van der Waals surface area contributed by atoms with Crippen molar-refractivity contribution < 1.29 is 0 Å². The van der Waals surface area contributed by atoms with Crippen LogP contribution in [0, 0.1) is 0 Å². The lowest BCUT2D eigenvalue weighted by atomic mass is 10.1. The number of hydrogen-bond acceptors (Lipinski definition) is 4. The summed E-state index contributed by atoms with van der Waals surface area (Å²) in [5, 5.41) is 3.77. The average Bonchev–Trinajstić information content (AvgIpc) is 2.39. The predicted octanol–water partition coefficient (Wildman–Crippen LogP) is 3.26. The predicted molar refractivity (Wildman–Crippen MR) is 72.7 cm³/mol. The molecule has 0 aromatic carbocycles. The van der Waals surface area contributed by atoms with Crippen LogP contribution in [0.2, 0.25) is 5.15 Å². The first-order valence-corrected chi connectivity index (χ1v) is 6.26. The Balaban J connectivity index is 2.16. The molecule has 0 saturated carbocycles. The summed E-state index contributed by atoms with van der Waals surface area (Å²) in [5.41, 5.74) is 1.15. The molecule has 0 aliphatic heterocycles. The molecular formula is C13H15ClN4. The normalized spacial score (nSPS) is 12.2. The molecule has 0 fully saturated rings. The SMILES string of the molecule is CCc1nc(Cl)cc(NC(C)c2ccncc2)n1. The Morgan fingerprint density at radius 1 is 1.28 bits per heavy atom. The highest BCUT2D eigenvalue weighted by Gasteiger charge is 2.07. The van der Waals surface area contributed by atoms with E-state index in [1.54, 1.807) is 18.5 Å². The number of halogens is 1. The van der Waals surface area contributed by atoms with Crippen LogP contribution in [-0.4, -0.2) is 15.0 Å². The number of nitrogens with zero attached hydrogens (tertiary/aromatic N) is 3. The maximum atomic E-state index is 5.96. The summed E-state index contributed by atoms with van der Waals surface area (Å²) in [5.74, 6) is 1.49. The largest absolute Gasteiger partial charge is 0.363 e. The Bertz CT molecular complexity index is 516. The Morgan fingerprint density at radius 3 is 2.67 bits per heavy atom. The van der Waals surface area contributed by atoms with Crippen molar-refractivity contribution >= 4 is 17.4 Å². The van der Waals surface area contributed by atoms with Crippen LogP contribution >= 0.6 is 11.6 Å². The highest BCUT2D eigenvalue weighted by atomic mass is 35.5. The second-order valence-corrected chi connectivity index (χ2v) is 4.38. The highest BCUT2D eigenvalue weighted by molar-refractivity contribution is 6.29. The molecule has 18 heavy (non-hydrogen) atoms. The van der Waals surface area contributed by atoms with Crippen molar-refractivity contribution in [3.8, 4) is 0 Å². The van der Waals surface area contributed by atoms with E-state index < -0.39 is 0 Å². The van der Waals surface area contributed by atoms with E-state index in [0.29, 0.717) is 5.15 Å². The quantitative estimate of drug-likeness (QED) is 0.860. The second-order valence-electron chi connectivity index (χ2n) is 3.99. The van der Waals surface area contributed by atoms with Crippen LogP contribution < -0.4 is 5.32 Å². The average molecular weight is 263 g/mol. The lowest BCUT2D eigenvalue weighted by molar-refractivity contribution is 0.854. The van der Waals surface area contributed by atoms with Crippen LogP contribution in [0.25, 0.3) is 0 Å². The van der Waals surface area contributed by atoms with Crippen LogP contribution in [0.5, 0.6) is 0 Å². The van der Waals surface area contributed by atoms with Crippen LogP contribution in [-0.2, 0) is 6.42 Å². The van der Waals surface area contributed by atoms with Crippen molar-refractivity contribution in [3.63, 3.8) is 0 Å². The minimum atomic E-state index is 0.142. The molecule has 1 N–H and O–H groups in total. The molecule has 2 rings (SSSR count). The molecule has 0 aliphatic rings. The fraction of sp³-hybridized carbons (Fsp3) is 0.308. The van der Waals surface area contributed by atoms with Crippen molar-refractivity contribution in [3.05, 3.63) is 47.1 Å². The van der Waals surface area contributed by atoms with Crippen molar-refractivity contribution in [2.45, 2.75) is 26.3 Å². The standard InChI is InChI=1S/C13H15ClN4/c1-3-12-17-11(14)8-13(18-12)16-9(2)10-4-6-15-7-5-10/h4-9H,3H2,1-2H3,(H,16,17,18). The number of anilines is 1. The van der Waals surface area contributed by atoms with E-state index in [4.69, 9.17) is 11.6 Å². The van der Waals surface area contributed by atoms with Gasteiger partial charge in [0.15, 0.2) is 0 Å². The van der Waals surface area contributed by atoms with Crippen LogP contribution in [0.15, 0.2) is 30.6 Å². The molecule has 5 heteroatoms. The monoisotopic (exact) mass is 262 g/mol. The van der Waals surface area contributed by atoms with Crippen molar-refractivity contribution in [2.24, 2.45) is 0 Å². The maximum absolute atomic E-state index is 5.96. The third-order valence-electron chi connectivity index (χ3n) is 2.63. The van der Waals surface area contributed by atoms with Gasteiger partial charge in [0.05, 0.1) is 6.04 Å². The summed E-state index contributed by atoms with van der Waals surface area (Å²) in [4.78, 5) is 12.5. The number of aryl methyl sites for hydroxylation is 1. The molecule has 1 atom stereocenters. The zero-order valence-electron chi connectivity index (χ0n) is 10.4. The summed E-state index contributed by atoms with van der Waals surface area (Å²) < 4.78 is 0. The Labute approximate surface area is 111 Å². The molecule has 2 aromatic rings. The molecule has 94 valence electrons. The van der Waals surface area contributed by atoms with Gasteiger partial charge >= 0.3 is 0 Å². The molecule has 0 radical (unpaired) electrons. The van der Waals surface area contributed by atoms with Crippen LogP contribution in [0.4, 0.5) is 5.82 Å².